The molecule has 1 heterocycles. The van der Waals surface area contributed by atoms with E-state index in [0.29, 0.717) is 0 Å². The van der Waals surface area contributed by atoms with E-state index in [0.717, 1.165) is 26.8 Å². The normalized spacial score (nSPS) is 10.7. The molecule has 0 fully saturated rings. The van der Waals surface area contributed by atoms with Crippen LogP contribution in [0.3, 0.4) is 0 Å². The fourth-order valence-corrected chi connectivity index (χ4v) is 4.02. The van der Waals surface area contributed by atoms with Gasteiger partial charge < -0.3 is 0 Å². The third kappa shape index (κ3) is 3.04. The third-order valence-electron chi connectivity index (χ3n) is 3.16. The Hall–Kier alpha value is -1.20. The van der Waals surface area contributed by atoms with Crippen LogP contribution in [0.5, 0.6) is 0 Å². The molecule has 0 N–H and O–H groups in total. The molecule has 1 aromatic heterocycles. The smallest absolute Gasteiger partial charge is 0.174 e. The largest absolute Gasteiger partial charge is 0.294 e. The number of rotatable bonds is 4. The zero-order chi connectivity index (χ0) is 14.0. The Labute approximate surface area is 121 Å². The van der Waals surface area contributed by atoms with Crippen molar-refractivity contribution < 1.29 is 4.79 Å². The number of nitrogens with zero attached hydrogens (tertiary/aromatic N) is 2. The summed E-state index contributed by atoms with van der Waals surface area (Å²) in [6.45, 7) is 7.76. The topological polar surface area (TPSA) is 42.9 Å². The van der Waals surface area contributed by atoms with Crippen LogP contribution in [0.2, 0.25) is 0 Å². The molecule has 1 aromatic carbocycles. The van der Waals surface area contributed by atoms with Gasteiger partial charge in [-0.25, -0.2) is 0 Å². The molecule has 2 aromatic rings. The molecule has 19 heavy (non-hydrogen) atoms. The first-order valence-corrected chi connectivity index (χ1v) is 7.86. The minimum Gasteiger partial charge on any atom is -0.294 e. The van der Waals surface area contributed by atoms with Gasteiger partial charge in [0.2, 0.25) is 0 Å². The fraction of sp³-hybridized carbons (Fsp3) is 0.357. The van der Waals surface area contributed by atoms with Crippen molar-refractivity contribution in [3.8, 4) is 0 Å². The van der Waals surface area contributed by atoms with Gasteiger partial charge in [-0.2, -0.15) is 0 Å². The van der Waals surface area contributed by atoms with Crippen LogP contribution in [-0.4, -0.2) is 16.0 Å². The van der Waals surface area contributed by atoms with E-state index in [9.17, 15) is 4.79 Å². The molecule has 0 spiro atoms. The summed E-state index contributed by atoms with van der Waals surface area (Å²) in [6, 6.07) is 2.10. The Morgan fingerprint density at radius 2 is 2.05 bits per heavy atom. The molecule has 0 amide bonds. The SMILES string of the molecule is CC(=O)c1c(C)cc(C)c(CSc2nncs2)c1C. The molecule has 0 atom stereocenters. The van der Waals surface area contributed by atoms with Gasteiger partial charge in [-0.1, -0.05) is 29.2 Å². The number of aryl methyl sites for hydroxylation is 2. The van der Waals surface area contributed by atoms with Gasteiger partial charge >= 0.3 is 0 Å². The second kappa shape index (κ2) is 5.84. The lowest BCUT2D eigenvalue weighted by atomic mass is 9.92. The molecular weight excluding hydrogens is 276 g/mol. The average molecular weight is 292 g/mol. The highest BCUT2D eigenvalue weighted by Gasteiger charge is 2.14. The van der Waals surface area contributed by atoms with Crippen LogP contribution in [0, 0.1) is 20.8 Å². The second-order valence-corrected chi connectivity index (χ2v) is 6.59. The zero-order valence-electron chi connectivity index (χ0n) is 11.5. The minimum atomic E-state index is 0.136. The van der Waals surface area contributed by atoms with Gasteiger partial charge in [-0.3, -0.25) is 4.79 Å². The van der Waals surface area contributed by atoms with Gasteiger partial charge in [0.05, 0.1) is 0 Å². The van der Waals surface area contributed by atoms with E-state index in [1.54, 1.807) is 35.5 Å². The van der Waals surface area contributed by atoms with Crippen LogP contribution in [0.15, 0.2) is 15.9 Å². The molecule has 5 heteroatoms. The quantitative estimate of drug-likeness (QED) is 0.632. The molecule has 3 nitrogen and oxygen atoms in total. The molecule has 0 aliphatic rings. The first kappa shape index (κ1) is 14.2. The van der Waals surface area contributed by atoms with Crippen molar-refractivity contribution in [2.75, 3.05) is 0 Å². The monoisotopic (exact) mass is 292 g/mol. The highest BCUT2D eigenvalue weighted by atomic mass is 32.2. The molecule has 0 saturated carbocycles. The van der Waals surface area contributed by atoms with E-state index in [-0.39, 0.29) is 5.78 Å². The minimum absolute atomic E-state index is 0.136. The number of thioether (sulfide) groups is 1. The van der Waals surface area contributed by atoms with Crippen molar-refractivity contribution in [1.29, 1.82) is 0 Å². The van der Waals surface area contributed by atoms with Crippen LogP contribution >= 0.6 is 23.1 Å². The van der Waals surface area contributed by atoms with Gasteiger partial charge in [0.15, 0.2) is 10.1 Å². The number of Topliss-reactive ketones (excluding diaryl/α,β-unsaturated/α-hetero) is 1. The number of aromatic nitrogens is 2. The molecular formula is C14H16N2OS2. The number of ketones is 1. The highest BCUT2D eigenvalue weighted by Crippen LogP contribution is 2.30. The van der Waals surface area contributed by atoms with Crippen LogP contribution in [0.1, 0.15) is 39.5 Å². The van der Waals surface area contributed by atoms with E-state index in [4.69, 9.17) is 0 Å². The number of benzene rings is 1. The predicted octanol–water partition coefficient (Wildman–Crippen LogP) is 3.96. The van der Waals surface area contributed by atoms with E-state index in [2.05, 4.69) is 23.2 Å². The Kier molecular flexibility index (Phi) is 4.37. The van der Waals surface area contributed by atoms with Gasteiger partial charge in [0.25, 0.3) is 0 Å². The zero-order valence-corrected chi connectivity index (χ0v) is 13.1. The summed E-state index contributed by atoms with van der Waals surface area (Å²) in [7, 11) is 0. The lowest BCUT2D eigenvalue weighted by Crippen LogP contribution is -2.05. The highest BCUT2D eigenvalue weighted by molar-refractivity contribution is 8.00. The molecule has 0 saturated heterocycles. The standard InChI is InChI=1S/C14H16N2OS2/c1-8-5-9(2)13(11(4)17)10(3)12(8)6-18-14-16-15-7-19-14/h5,7H,6H2,1-4H3. The maximum absolute atomic E-state index is 11.8. The maximum atomic E-state index is 11.8. The second-order valence-electron chi connectivity index (χ2n) is 4.54. The fourth-order valence-electron chi connectivity index (χ4n) is 2.35. The van der Waals surface area contributed by atoms with E-state index >= 15 is 0 Å². The molecule has 0 bridgehead atoms. The molecule has 0 unspecified atom stereocenters. The first-order chi connectivity index (χ1) is 9.00. The Bertz CT molecular complexity index is 606. The molecule has 0 aliphatic heterocycles. The van der Waals surface area contributed by atoms with Crippen LogP contribution in [0.25, 0.3) is 0 Å². The van der Waals surface area contributed by atoms with Gasteiger partial charge in [0, 0.05) is 11.3 Å². The Balaban J connectivity index is 2.34. The molecule has 0 aliphatic carbocycles. The number of carbonyl (C=O) groups excluding carboxylic acids is 1. The molecule has 2 rings (SSSR count). The summed E-state index contributed by atoms with van der Waals surface area (Å²) in [5, 5.41) is 7.86. The maximum Gasteiger partial charge on any atom is 0.174 e. The predicted molar refractivity (Wildman–Crippen MR) is 80.1 cm³/mol. The Morgan fingerprint density at radius 3 is 2.63 bits per heavy atom. The van der Waals surface area contributed by atoms with E-state index < -0.39 is 0 Å². The molecule has 100 valence electrons. The summed E-state index contributed by atoms with van der Waals surface area (Å²) in [6.07, 6.45) is 0. The van der Waals surface area contributed by atoms with Crippen molar-refractivity contribution in [1.82, 2.24) is 10.2 Å². The van der Waals surface area contributed by atoms with E-state index in [1.807, 2.05) is 13.8 Å². The third-order valence-corrected chi connectivity index (χ3v) is 5.05. The average Bonchev–Trinajstić information content (AvgIpc) is 2.80. The summed E-state index contributed by atoms with van der Waals surface area (Å²) >= 11 is 3.21. The Morgan fingerprint density at radius 1 is 1.32 bits per heavy atom. The van der Waals surface area contributed by atoms with Crippen LogP contribution in [0.4, 0.5) is 0 Å². The summed E-state index contributed by atoms with van der Waals surface area (Å²) < 4.78 is 0.962. The number of hydrogen-bond acceptors (Lipinski definition) is 5. The van der Waals surface area contributed by atoms with Crippen molar-refractivity contribution in [3.05, 3.63) is 39.4 Å². The van der Waals surface area contributed by atoms with Crippen molar-refractivity contribution in [2.45, 2.75) is 37.8 Å². The van der Waals surface area contributed by atoms with Crippen molar-refractivity contribution in [3.63, 3.8) is 0 Å². The van der Waals surface area contributed by atoms with Gasteiger partial charge in [0.1, 0.15) is 5.51 Å². The van der Waals surface area contributed by atoms with Gasteiger partial charge in [-0.15, -0.1) is 10.2 Å². The summed E-state index contributed by atoms with van der Waals surface area (Å²) in [5.74, 6) is 0.963. The number of hydrogen-bond donors (Lipinski definition) is 0. The number of carbonyl (C=O) groups is 1. The van der Waals surface area contributed by atoms with Crippen molar-refractivity contribution >= 4 is 28.9 Å². The lowest BCUT2D eigenvalue weighted by molar-refractivity contribution is 0.101. The van der Waals surface area contributed by atoms with E-state index in [1.165, 1.54) is 11.1 Å². The van der Waals surface area contributed by atoms with Crippen LogP contribution in [-0.2, 0) is 5.75 Å². The summed E-state index contributed by atoms with van der Waals surface area (Å²) in [4.78, 5) is 11.8. The first-order valence-electron chi connectivity index (χ1n) is 6.00. The summed E-state index contributed by atoms with van der Waals surface area (Å²) in [5.41, 5.74) is 7.22. The lowest BCUT2D eigenvalue weighted by Gasteiger charge is -2.15. The molecule has 0 radical (unpaired) electrons. The van der Waals surface area contributed by atoms with Crippen LogP contribution < -0.4 is 0 Å². The van der Waals surface area contributed by atoms with Crippen molar-refractivity contribution in [2.24, 2.45) is 0 Å². The van der Waals surface area contributed by atoms with Gasteiger partial charge in [-0.05, 0) is 49.9 Å².